The fourth-order valence-electron chi connectivity index (χ4n) is 1.79. The van der Waals surface area contributed by atoms with Crippen molar-refractivity contribution in [2.45, 2.75) is 25.8 Å². The van der Waals surface area contributed by atoms with Crippen LogP contribution in [-0.2, 0) is 9.05 Å². The number of hydrogen-bond donors (Lipinski definition) is 0. The third kappa shape index (κ3) is 3.98. The average molecular weight is 238 g/mol. The van der Waals surface area contributed by atoms with E-state index in [1.807, 2.05) is 6.08 Å². The summed E-state index contributed by atoms with van der Waals surface area (Å²) < 4.78 is 21.3. The lowest BCUT2D eigenvalue weighted by Gasteiger charge is -2.18. The van der Waals surface area contributed by atoms with Gasteiger partial charge < -0.3 is 0 Å². The highest BCUT2D eigenvalue weighted by molar-refractivity contribution is 8.13. The Bertz CT molecular complexity index is 300. The van der Waals surface area contributed by atoms with Crippen molar-refractivity contribution in [1.82, 2.24) is 4.90 Å². The Morgan fingerprint density at radius 2 is 2.29 bits per heavy atom. The molecule has 0 radical (unpaired) electrons. The van der Waals surface area contributed by atoms with Gasteiger partial charge in [-0.1, -0.05) is 19.1 Å². The van der Waals surface area contributed by atoms with Crippen LogP contribution in [0.1, 0.15) is 19.8 Å². The number of hydrogen-bond acceptors (Lipinski definition) is 3. The summed E-state index contributed by atoms with van der Waals surface area (Å²) in [6, 6.07) is 0.401. The van der Waals surface area contributed by atoms with E-state index in [-0.39, 0.29) is 5.75 Å². The molecule has 3 nitrogen and oxygen atoms in total. The van der Waals surface area contributed by atoms with E-state index in [0.29, 0.717) is 6.04 Å². The van der Waals surface area contributed by atoms with Gasteiger partial charge in [0.25, 0.3) is 0 Å². The van der Waals surface area contributed by atoms with Gasteiger partial charge in [-0.3, -0.25) is 4.90 Å². The average Bonchev–Trinajstić information content (AvgIpc) is 2.49. The molecule has 0 aromatic rings. The topological polar surface area (TPSA) is 37.4 Å². The largest absolute Gasteiger partial charge is 0.297 e. The highest BCUT2D eigenvalue weighted by Gasteiger charge is 2.19. The molecule has 1 saturated heterocycles. The Kier molecular flexibility index (Phi) is 4.41. The standard InChI is InChI=1S/C9H16ClNO2S/c1-2-11-7-3-5-9(11)6-4-8-14(10,12)13/h4,6,9H,2-3,5,7-8H2,1H3/b6-4-. The predicted octanol–water partition coefficient (Wildman–Crippen LogP) is 1.60. The molecule has 1 aliphatic rings. The van der Waals surface area contributed by atoms with Crippen molar-refractivity contribution in [3.63, 3.8) is 0 Å². The number of nitrogens with zero attached hydrogens (tertiary/aromatic N) is 1. The molecule has 1 rings (SSSR count). The smallest absolute Gasteiger partial charge is 0.236 e. The van der Waals surface area contributed by atoms with Crippen LogP contribution < -0.4 is 0 Å². The Labute approximate surface area is 90.2 Å². The van der Waals surface area contributed by atoms with Crippen molar-refractivity contribution < 1.29 is 8.42 Å². The second-order valence-electron chi connectivity index (χ2n) is 3.47. The van der Waals surface area contributed by atoms with Gasteiger partial charge in [0.15, 0.2) is 0 Å². The Balaban J connectivity index is 2.43. The zero-order valence-electron chi connectivity index (χ0n) is 8.32. The van der Waals surface area contributed by atoms with Gasteiger partial charge in [-0.25, -0.2) is 8.42 Å². The summed E-state index contributed by atoms with van der Waals surface area (Å²) >= 11 is 0. The number of rotatable bonds is 4. The molecule has 1 aliphatic heterocycles. The van der Waals surface area contributed by atoms with Crippen molar-refractivity contribution in [3.8, 4) is 0 Å². The van der Waals surface area contributed by atoms with E-state index in [2.05, 4.69) is 11.8 Å². The van der Waals surface area contributed by atoms with E-state index in [1.165, 1.54) is 6.42 Å². The molecule has 5 heteroatoms. The third-order valence-corrected chi connectivity index (χ3v) is 3.44. The number of halogens is 1. The van der Waals surface area contributed by atoms with Crippen molar-refractivity contribution in [2.75, 3.05) is 18.8 Å². The monoisotopic (exact) mass is 237 g/mol. The first-order chi connectivity index (χ1) is 6.53. The van der Waals surface area contributed by atoms with Crippen LogP contribution in [0, 0.1) is 0 Å². The van der Waals surface area contributed by atoms with Crippen LogP contribution in [0.15, 0.2) is 12.2 Å². The van der Waals surface area contributed by atoms with Crippen LogP contribution in [0.3, 0.4) is 0 Å². The highest BCUT2D eigenvalue weighted by atomic mass is 35.7. The van der Waals surface area contributed by atoms with Crippen LogP contribution in [0.4, 0.5) is 0 Å². The first kappa shape index (κ1) is 12.0. The van der Waals surface area contributed by atoms with Crippen LogP contribution in [0.2, 0.25) is 0 Å². The van der Waals surface area contributed by atoms with Gasteiger partial charge in [0.2, 0.25) is 9.05 Å². The number of likely N-dealkylation sites (N-methyl/N-ethyl adjacent to an activating group) is 1. The van der Waals surface area contributed by atoms with Crippen molar-refractivity contribution >= 4 is 19.7 Å². The molecule has 0 saturated carbocycles. The minimum atomic E-state index is -3.37. The Hall–Kier alpha value is -0.0600. The molecule has 1 heterocycles. The summed E-state index contributed by atoms with van der Waals surface area (Å²) in [5.41, 5.74) is 0. The predicted molar refractivity (Wildman–Crippen MR) is 59.0 cm³/mol. The van der Waals surface area contributed by atoms with Crippen LogP contribution in [0.25, 0.3) is 0 Å². The van der Waals surface area contributed by atoms with Gasteiger partial charge >= 0.3 is 0 Å². The second-order valence-corrected chi connectivity index (χ2v) is 6.29. The molecule has 1 unspecified atom stereocenters. The SMILES string of the molecule is CCN1CCCC1/C=C\CS(=O)(=O)Cl. The van der Waals surface area contributed by atoms with E-state index in [4.69, 9.17) is 10.7 Å². The van der Waals surface area contributed by atoms with Gasteiger partial charge in [-0.15, -0.1) is 0 Å². The molecule has 0 amide bonds. The Morgan fingerprint density at radius 1 is 1.57 bits per heavy atom. The lowest BCUT2D eigenvalue weighted by molar-refractivity contribution is 0.306. The molecule has 0 bridgehead atoms. The first-order valence-corrected chi connectivity index (χ1v) is 7.34. The van der Waals surface area contributed by atoms with Crippen molar-refractivity contribution in [2.24, 2.45) is 0 Å². The van der Waals surface area contributed by atoms with Crippen LogP contribution >= 0.6 is 10.7 Å². The van der Waals surface area contributed by atoms with E-state index in [9.17, 15) is 8.42 Å². The van der Waals surface area contributed by atoms with Gasteiger partial charge in [0.05, 0.1) is 5.75 Å². The van der Waals surface area contributed by atoms with Crippen LogP contribution in [-0.4, -0.2) is 38.2 Å². The van der Waals surface area contributed by atoms with Crippen molar-refractivity contribution in [1.29, 1.82) is 0 Å². The quantitative estimate of drug-likeness (QED) is 0.551. The first-order valence-electron chi connectivity index (χ1n) is 4.86. The number of likely N-dealkylation sites (tertiary alicyclic amines) is 1. The summed E-state index contributed by atoms with van der Waals surface area (Å²) in [6.45, 7) is 4.24. The maximum absolute atomic E-state index is 10.7. The molecular formula is C9H16ClNO2S. The van der Waals surface area contributed by atoms with Gasteiger partial charge in [-0.2, -0.15) is 0 Å². The maximum atomic E-state index is 10.7. The minimum absolute atomic E-state index is 0.0669. The molecule has 82 valence electrons. The van der Waals surface area contributed by atoms with Gasteiger partial charge in [0.1, 0.15) is 0 Å². The fraction of sp³-hybridized carbons (Fsp3) is 0.778. The lowest BCUT2D eigenvalue weighted by Crippen LogP contribution is -2.27. The lowest BCUT2D eigenvalue weighted by atomic mass is 10.2. The minimum Gasteiger partial charge on any atom is -0.297 e. The second kappa shape index (κ2) is 5.14. The van der Waals surface area contributed by atoms with E-state index >= 15 is 0 Å². The van der Waals surface area contributed by atoms with E-state index in [1.54, 1.807) is 6.08 Å². The molecule has 1 fully saturated rings. The maximum Gasteiger partial charge on any atom is 0.236 e. The van der Waals surface area contributed by atoms with Crippen molar-refractivity contribution in [3.05, 3.63) is 12.2 Å². The molecule has 0 aliphatic carbocycles. The fourth-order valence-corrected chi connectivity index (χ4v) is 2.35. The third-order valence-electron chi connectivity index (χ3n) is 2.47. The summed E-state index contributed by atoms with van der Waals surface area (Å²) in [5, 5.41) is 0. The zero-order chi connectivity index (χ0) is 10.6. The van der Waals surface area contributed by atoms with Crippen LogP contribution in [0.5, 0.6) is 0 Å². The molecular weight excluding hydrogens is 222 g/mol. The summed E-state index contributed by atoms with van der Waals surface area (Å²) in [5.74, 6) is -0.0669. The molecule has 0 aromatic carbocycles. The Morgan fingerprint density at radius 3 is 2.86 bits per heavy atom. The summed E-state index contributed by atoms with van der Waals surface area (Å²) in [6.07, 6.45) is 5.92. The molecule has 0 N–H and O–H groups in total. The van der Waals surface area contributed by atoms with Gasteiger partial charge in [0, 0.05) is 16.7 Å². The molecule has 0 spiro atoms. The highest BCUT2D eigenvalue weighted by Crippen LogP contribution is 2.17. The molecule has 1 atom stereocenters. The zero-order valence-corrected chi connectivity index (χ0v) is 9.89. The molecule has 0 aromatic heterocycles. The summed E-state index contributed by atoms with van der Waals surface area (Å²) in [7, 11) is 1.72. The van der Waals surface area contributed by atoms with E-state index in [0.717, 1.165) is 19.5 Å². The van der Waals surface area contributed by atoms with Gasteiger partial charge in [-0.05, 0) is 25.9 Å². The molecule has 14 heavy (non-hydrogen) atoms. The van der Waals surface area contributed by atoms with E-state index < -0.39 is 9.05 Å². The normalized spacial score (nSPS) is 24.9. The summed E-state index contributed by atoms with van der Waals surface area (Å²) in [4.78, 5) is 2.33.